The molecular formula is C22H16O3. The van der Waals surface area contributed by atoms with E-state index in [0.717, 1.165) is 39.8 Å². The zero-order chi connectivity index (χ0) is 17.0. The van der Waals surface area contributed by atoms with Gasteiger partial charge in [0.2, 0.25) is 0 Å². The SMILES string of the molecule is COc1cc2c(c3ccc4ccccc4c13)CC1=CCC(=O)C=C1O2. The molecule has 0 fully saturated rings. The maximum atomic E-state index is 11.7. The topological polar surface area (TPSA) is 35.5 Å². The van der Waals surface area contributed by atoms with E-state index in [-0.39, 0.29) is 5.78 Å². The Morgan fingerprint density at radius 3 is 2.84 bits per heavy atom. The molecular weight excluding hydrogens is 312 g/mol. The van der Waals surface area contributed by atoms with Crippen LogP contribution in [0.15, 0.2) is 65.9 Å². The van der Waals surface area contributed by atoms with Crippen molar-refractivity contribution in [3.05, 3.63) is 71.5 Å². The van der Waals surface area contributed by atoms with Crippen LogP contribution in [0, 0.1) is 0 Å². The Kier molecular flexibility index (Phi) is 2.98. The Morgan fingerprint density at radius 1 is 1.08 bits per heavy atom. The van der Waals surface area contributed by atoms with Gasteiger partial charge in [0.05, 0.1) is 7.11 Å². The van der Waals surface area contributed by atoms with Crippen LogP contribution < -0.4 is 9.47 Å². The summed E-state index contributed by atoms with van der Waals surface area (Å²) in [5.74, 6) is 2.32. The average molecular weight is 328 g/mol. The van der Waals surface area contributed by atoms with Gasteiger partial charge in [0.15, 0.2) is 5.78 Å². The van der Waals surface area contributed by atoms with Gasteiger partial charge in [0.1, 0.15) is 17.3 Å². The molecule has 0 spiro atoms. The van der Waals surface area contributed by atoms with Crippen molar-refractivity contribution in [3.8, 4) is 11.5 Å². The van der Waals surface area contributed by atoms with Crippen molar-refractivity contribution in [2.24, 2.45) is 0 Å². The smallest absolute Gasteiger partial charge is 0.163 e. The van der Waals surface area contributed by atoms with E-state index in [4.69, 9.17) is 9.47 Å². The molecule has 0 N–H and O–H groups in total. The number of ether oxygens (including phenoxy) is 2. The van der Waals surface area contributed by atoms with Crippen LogP contribution in [0.25, 0.3) is 21.5 Å². The number of ketones is 1. The Labute approximate surface area is 145 Å². The molecule has 3 heteroatoms. The van der Waals surface area contributed by atoms with Crippen LogP contribution in [0.2, 0.25) is 0 Å². The van der Waals surface area contributed by atoms with Crippen molar-refractivity contribution in [1.29, 1.82) is 0 Å². The van der Waals surface area contributed by atoms with Gasteiger partial charge in [-0.2, -0.15) is 0 Å². The maximum absolute atomic E-state index is 11.7. The first-order valence-electron chi connectivity index (χ1n) is 8.38. The largest absolute Gasteiger partial charge is 0.496 e. The molecule has 1 heterocycles. The van der Waals surface area contributed by atoms with E-state index in [1.165, 1.54) is 10.8 Å². The van der Waals surface area contributed by atoms with Crippen LogP contribution in [-0.2, 0) is 11.2 Å². The monoisotopic (exact) mass is 328 g/mol. The molecule has 1 aliphatic carbocycles. The molecule has 0 radical (unpaired) electrons. The minimum atomic E-state index is 0.0842. The highest BCUT2D eigenvalue weighted by Gasteiger charge is 2.26. The van der Waals surface area contributed by atoms with Gasteiger partial charge in [-0.1, -0.05) is 42.5 Å². The zero-order valence-corrected chi connectivity index (χ0v) is 13.8. The third-order valence-corrected chi connectivity index (χ3v) is 5.03. The molecule has 25 heavy (non-hydrogen) atoms. The van der Waals surface area contributed by atoms with E-state index in [9.17, 15) is 4.79 Å². The molecule has 0 aromatic heterocycles. The molecule has 3 nitrogen and oxygen atoms in total. The van der Waals surface area contributed by atoms with Crippen molar-refractivity contribution < 1.29 is 14.3 Å². The summed E-state index contributed by atoms with van der Waals surface area (Å²) in [7, 11) is 1.68. The number of methoxy groups -OCH3 is 1. The van der Waals surface area contributed by atoms with E-state index < -0.39 is 0 Å². The molecule has 0 atom stereocenters. The maximum Gasteiger partial charge on any atom is 0.163 e. The summed E-state index contributed by atoms with van der Waals surface area (Å²) in [5, 5.41) is 4.62. The predicted octanol–water partition coefficient (Wildman–Crippen LogP) is 4.72. The van der Waals surface area contributed by atoms with Gasteiger partial charge in [-0.05, 0) is 21.7 Å². The summed E-state index contributed by atoms with van der Waals surface area (Å²) in [6.07, 6.45) is 4.81. The zero-order valence-electron chi connectivity index (χ0n) is 13.8. The highest BCUT2D eigenvalue weighted by atomic mass is 16.5. The molecule has 0 saturated heterocycles. The third kappa shape index (κ3) is 2.09. The van der Waals surface area contributed by atoms with Crippen molar-refractivity contribution in [3.63, 3.8) is 0 Å². The Morgan fingerprint density at radius 2 is 1.96 bits per heavy atom. The molecule has 1 aliphatic heterocycles. The normalized spacial score (nSPS) is 16.0. The van der Waals surface area contributed by atoms with Crippen LogP contribution in [0.5, 0.6) is 11.5 Å². The van der Waals surface area contributed by atoms with Crippen LogP contribution in [0.1, 0.15) is 12.0 Å². The van der Waals surface area contributed by atoms with Gasteiger partial charge in [-0.25, -0.2) is 0 Å². The second kappa shape index (κ2) is 5.21. The van der Waals surface area contributed by atoms with Gasteiger partial charge in [0, 0.05) is 35.9 Å². The number of benzene rings is 3. The first kappa shape index (κ1) is 14.3. The lowest BCUT2D eigenvalue weighted by atomic mass is 9.89. The van der Waals surface area contributed by atoms with Gasteiger partial charge >= 0.3 is 0 Å². The van der Waals surface area contributed by atoms with Crippen molar-refractivity contribution in [1.82, 2.24) is 0 Å². The predicted molar refractivity (Wildman–Crippen MR) is 98.1 cm³/mol. The van der Waals surface area contributed by atoms with E-state index in [1.807, 2.05) is 24.3 Å². The van der Waals surface area contributed by atoms with Crippen LogP contribution >= 0.6 is 0 Å². The second-order valence-electron chi connectivity index (χ2n) is 6.45. The molecule has 2 aliphatic rings. The minimum Gasteiger partial charge on any atom is -0.496 e. The first-order chi connectivity index (χ1) is 12.2. The number of fused-ring (bicyclic) bond motifs is 6. The van der Waals surface area contributed by atoms with Gasteiger partial charge < -0.3 is 9.47 Å². The quantitative estimate of drug-likeness (QED) is 0.606. The molecule has 5 rings (SSSR count). The summed E-state index contributed by atoms with van der Waals surface area (Å²) in [6, 6.07) is 14.6. The fraction of sp³-hybridized carbons (Fsp3) is 0.136. The molecule has 0 unspecified atom stereocenters. The molecule has 3 aromatic rings. The molecule has 3 aromatic carbocycles. The lowest BCUT2D eigenvalue weighted by molar-refractivity contribution is -0.114. The summed E-state index contributed by atoms with van der Waals surface area (Å²) >= 11 is 0. The van der Waals surface area contributed by atoms with E-state index in [0.29, 0.717) is 12.2 Å². The van der Waals surface area contributed by atoms with Crippen molar-refractivity contribution in [2.45, 2.75) is 12.8 Å². The number of rotatable bonds is 1. The summed E-state index contributed by atoms with van der Waals surface area (Å²) in [4.78, 5) is 11.7. The van der Waals surface area contributed by atoms with Crippen LogP contribution in [-0.4, -0.2) is 12.9 Å². The second-order valence-corrected chi connectivity index (χ2v) is 6.45. The van der Waals surface area contributed by atoms with Gasteiger partial charge in [0.25, 0.3) is 0 Å². The Balaban J connectivity index is 1.84. The molecule has 0 bridgehead atoms. The highest BCUT2D eigenvalue weighted by molar-refractivity contribution is 6.12. The number of hydrogen-bond donors (Lipinski definition) is 0. The fourth-order valence-corrected chi connectivity index (χ4v) is 3.82. The number of carbonyl (C=O) groups is 1. The number of carbonyl (C=O) groups excluding carboxylic acids is 1. The fourth-order valence-electron chi connectivity index (χ4n) is 3.82. The Hall–Kier alpha value is -3.07. The van der Waals surface area contributed by atoms with Crippen LogP contribution in [0.4, 0.5) is 0 Å². The molecule has 0 amide bonds. The van der Waals surface area contributed by atoms with Gasteiger partial charge in [-0.3, -0.25) is 4.79 Å². The number of allylic oxidation sites excluding steroid dienone is 3. The number of hydrogen-bond acceptors (Lipinski definition) is 3. The van der Waals surface area contributed by atoms with Crippen molar-refractivity contribution in [2.75, 3.05) is 7.11 Å². The summed E-state index contributed by atoms with van der Waals surface area (Å²) in [5.41, 5.74) is 2.24. The molecule has 0 saturated carbocycles. The van der Waals surface area contributed by atoms with Crippen molar-refractivity contribution >= 4 is 27.3 Å². The van der Waals surface area contributed by atoms with E-state index in [1.54, 1.807) is 13.2 Å². The molecule has 122 valence electrons. The average Bonchev–Trinajstić information content (AvgIpc) is 2.65. The summed E-state index contributed by atoms with van der Waals surface area (Å²) in [6.45, 7) is 0. The first-order valence-corrected chi connectivity index (χ1v) is 8.38. The summed E-state index contributed by atoms with van der Waals surface area (Å²) < 4.78 is 11.7. The van der Waals surface area contributed by atoms with E-state index >= 15 is 0 Å². The highest BCUT2D eigenvalue weighted by Crippen LogP contribution is 2.44. The lowest BCUT2D eigenvalue weighted by Gasteiger charge is -2.26. The third-order valence-electron chi connectivity index (χ3n) is 5.03. The van der Waals surface area contributed by atoms with E-state index in [2.05, 4.69) is 24.3 Å². The van der Waals surface area contributed by atoms with Gasteiger partial charge in [-0.15, -0.1) is 0 Å². The minimum absolute atomic E-state index is 0.0842. The standard InChI is InChI=1S/C22H16O3/c1-24-21-12-20-18(10-14-6-8-15(23)11-19(14)25-20)17-9-7-13-4-2-3-5-16(13)22(17)21/h2-7,9,11-12H,8,10H2,1H3. The van der Waals surface area contributed by atoms with Crippen LogP contribution in [0.3, 0.4) is 0 Å². The lowest BCUT2D eigenvalue weighted by Crippen LogP contribution is -2.16. The Bertz CT molecular complexity index is 1120.